The topological polar surface area (TPSA) is 76.1 Å². The highest BCUT2D eigenvalue weighted by atomic mass is 16.3. The zero-order chi connectivity index (χ0) is 22.5. The Morgan fingerprint density at radius 2 is 1.16 bits per heavy atom. The van der Waals surface area contributed by atoms with E-state index in [9.17, 15) is 10.2 Å². The molecule has 0 saturated heterocycles. The van der Waals surface area contributed by atoms with Crippen molar-refractivity contribution >= 4 is 11.1 Å². The van der Waals surface area contributed by atoms with Gasteiger partial charge in [0.2, 0.25) is 0 Å². The van der Waals surface area contributed by atoms with Gasteiger partial charge in [0, 0.05) is 35.9 Å². The van der Waals surface area contributed by atoms with Gasteiger partial charge in [-0.15, -0.1) is 0 Å². The second-order valence-electron chi connectivity index (χ2n) is 7.82. The second-order valence-corrected chi connectivity index (χ2v) is 7.82. The fourth-order valence-electron chi connectivity index (χ4n) is 4.11. The Bertz CT molecular complexity index is 1110. The van der Waals surface area contributed by atoms with Gasteiger partial charge >= 0.3 is 0 Å². The highest BCUT2D eigenvalue weighted by Crippen LogP contribution is 2.35. The van der Waals surface area contributed by atoms with Gasteiger partial charge in [-0.2, -0.15) is 0 Å². The van der Waals surface area contributed by atoms with Crippen molar-refractivity contribution in [1.82, 2.24) is 19.1 Å². The maximum atomic E-state index is 10.7. The van der Waals surface area contributed by atoms with Crippen molar-refractivity contribution in [2.75, 3.05) is 0 Å². The average Bonchev–Trinajstić information content (AvgIpc) is 3.49. The summed E-state index contributed by atoms with van der Waals surface area (Å²) in [4.78, 5) is 8.12. The van der Waals surface area contributed by atoms with E-state index in [1.54, 1.807) is 25.0 Å². The summed E-state index contributed by atoms with van der Waals surface area (Å²) >= 11 is 0. The summed E-state index contributed by atoms with van der Waals surface area (Å²) in [7, 11) is 0. The molecule has 2 aromatic carbocycles. The molecular formula is C26H28N4O2. The molecule has 32 heavy (non-hydrogen) atoms. The second kappa shape index (κ2) is 9.56. The molecule has 0 spiro atoms. The van der Waals surface area contributed by atoms with E-state index < -0.39 is 0 Å². The Balaban J connectivity index is 1.65. The van der Waals surface area contributed by atoms with Crippen LogP contribution in [0.5, 0.6) is 11.5 Å². The van der Waals surface area contributed by atoms with Crippen molar-refractivity contribution in [3.8, 4) is 11.5 Å². The number of aromatic hydroxyl groups is 2. The summed E-state index contributed by atoms with van der Waals surface area (Å²) in [5.74, 6) is 0.548. The predicted molar refractivity (Wildman–Crippen MR) is 126 cm³/mol. The van der Waals surface area contributed by atoms with Gasteiger partial charge < -0.3 is 19.3 Å². The normalized spacial score (nSPS) is 12.1. The number of imidazole rings is 2. The number of benzene rings is 2. The first-order valence-electron chi connectivity index (χ1n) is 10.9. The third-order valence-electron chi connectivity index (χ3n) is 5.76. The van der Waals surface area contributed by atoms with E-state index in [4.69, 9.17) is 0 Å². The van der Waals surface area contributed by atoms with Crippen LogP contribution >= 0.6 is 0 Å². The number of phenols is 2. The molecule has 6 nitrogen and oxygen atoms in total. The number of aromatic nitrogens is 4. The largest absolute Gasteiger partial charge is 0.508 e. The number of allylic oxidation sites excluding steroid dienone is 2. The monoisotopic (exact) mass is 428 g/mol. The number of hydrogen-bond acceptors (Lipinski definition) is 4. The summed E-state index contributed by atoms with van der Waals surface area (Å²) in [5.41, 5.74) is 6.03. The summed E-state index contributed by atoms with van der Waals surface area (Å²) in [6, 6.07) is 11.8. The Morgan fingerprint density at radius 3 is 1.47 bits per heavy atom. The molecule has 0 aliphatic rings. The molecule has 6 heteroatoms. The molecule has 2 N–H and O–H groups in total. The van der Waals surface area contributed by atoms with Gasteiger partial charge in [-0.3, -0.25) is 0 Å². The fourth-order valence-corrected chi connectivity index (χ4v) is 4.11. The molecule has 0 aliphatic heterocycles. The molecule has 4 rings (SSSR count). The Kier molecular flexibility index (Phi) is 6.40. The van der Waals surface area contributed by atoms with Crippen molar-refractivity contribution in [1.29, 1.82) is 0 Å². The van der Waals surface area contributed by atoms with Crippen LogP contribution in [0.3, 0.4) is 0 Å². The highest BCUT2D eigenvalue weighted by Gasteiger charge is 2.13. The van der Waals surface area contributed by atoms with Crippen molar-refractivity contribution < 1.29 is 10.2 Å². The Hall–Kier alpha value is -3.80. The maximum absolute atomic E-state index is 10.7. The van der Waals surface area contributed by atoms with Crippen LogP contribution in [0.1, 0.15) is 48.9 Å². The van der Waals surface area contributed by atoms with E-state index >= 15 is 0 Å². The van der Waals surface area contributed by atoms with E-state index in [0.717, 1.165) is 35.1 Å². The molecule has 164 valence electrons. The first-order valence-corrected chi connectivity index (χ1v) is 10.9. The molecule has 0 aliphatic carbocycles. The van der Waals surface area contributed by atoms with Crippen LogP contribution in [0, 0.1) is 0 Å². The van der Waals surface area contributed by atoms with Crippen molar-refractivity contribution in [2.24, 2.45) is 0 Å². The molecule has 0 radical (unpaired) electrons. The molecule has 0 saturated carbocycles. The van der Waals surface area contributed by atoms with Gasteiger partial charge in [-0.05, 0) is 47.2 Å². The molecule has 0 bridgehead atoms. The molecule has 2 aromatic heterocycles. The molecule has 0 amide bonds. The van der Waals surface area contributed by atoms with Crippen LogP contribution in [0.15, 0.2) is 73.8 Å². The lowest BCUT2D eigenvalue weighted by Gasteiger charge is -2.17. The van der Waals surface area contributed by atoms with Crippen molar-refractivity contribution in [2.45, 2.75) is 39.8 Å². The van der Waals surface area contributed by atoms with Gasteiger partial charge in [0.25, 0.3) is 0 Å². The summed E-state index contributed by atoms with van der Waals surface area (Å²) in [6.07, 6.45) is 12.3. The Morgan fingerprint density at radius 1 is 0.719 bits per heavy atom. The fraction of sp³-hybridized carbons (Fsp3) is 0.231. The van der Waals surface area contributed by atoms with Gasteiger partial charge in [-0.25, -0.2) is 9.97 Å². The van der Waals surface area contributed by atoms with E-state index in [0.29, 0.717) is 13.1 Å². The lowest BCUT2D eigenvalue weighted by Crippen LogP contribution is -1.99. The minimum atomic E-state index is 0.274. The third-order valence-corrected chi connectivity index (χ3v) is 5.76. The SMILES string of the molecule is CC/C(=C(\CC)c1ccc(Cn2ccnc2)c(O)c1)c1ccc(Cn2ccnc2)c(O)c1. The molecular weight excluding hydrogens is 400 g/mol. The summed E-state index contributed by atoms with van der Waals surface area (Å²) in [5, 5.41) is 21.3. The van der Waals surface area contributed by atoms with Crippen LogP contribution in [0.25, 0.3) is 11.1 Å². The third kappa shape index (κ3) is 4.59. The first kappa shape index (κ1) is 21.4. The van der Waals surface area contributed by atoms with Crippen LogP contribution in [0.2, 0.25) is 0 Å². The lowest BCUT2D eigenvalue weighted by molar-refractivity contribution is 0.465. The number of rotatable bonds is 8. The zero-order valence-electron chi connectivity index (χ0n) is 18.4. The van der Waals surface area contributed by atoms with Crippen molar-refractivity contribution in [3.63, 3.8) is 0 Å². The molecule has 2 heterocycles. The Labute approximate surface area is 188 Å². The van der Waals surface area contributed by atoms with E-state index in [1.807, 2.05) is 45.8 Å². The van der Waals surface area contributed by atoms with Crippen LogP contribution < -0.4 is 0 Å². The number of nitrogens with zero attached hydrogens (tertiary/aromatic N) is 4. The molecule has 0 unspecified atom stereocenters. The lowest BCUT2D eigenvalue weighted by atomic mass is 9.90. The standard InChI is InChI=1S/C26H28N4O2/c1-3-23(19-5-7-21(25(31)13-19)15-29-11-9-27-17-29)24(4-2)20-6-8-22(26(32)14-20)16-30-12-10-28-18-30/h5-14,17-18,31-32H,3-4,15-16H2,1-2H3/b24-23-. The van der Waals surface area contributed by atoms with Crippen LogP contribution in [0.4, 0.5) is 0 Å². The van der Waals surface area contributed by atoms with E-state index in [-0.39, 0.29) is 11.5 Å². The molecule has 4 aromatic rings. The van der Waals surface area contributed by atoms with Gasteiger partial charge in [-0.1, -0.05) is 38.1 Å². The smallest absolute Gasteiger partial charge is 0.121 e. The molecule has 0 atom stereocenters. The minimum absolute atomic E-state index is 0.274. The van der Waals surface area contributed by atoms with E-state index in [2.05, 4.69) is 35.9 Å². The maximum Gasteiger partial charge on any atom is 0.121 e. The quantitative estimate of drug-likeness (QED) is 0.373. The first-order chi connectivity index (χ1) is 15.6. The van der Waals surface area contributed by atoms with E-state index in [1.165, 1.54) is 11.1 Å². The minimum Gasteiger partial charge on any atom is -0.508 e. The predicted octanol–water partition coefficient (Wildman–Crippen LogP) is 5.32. The summed E-state index contributed by atoms with van der Waals surface area (Å²) in [6.45, 7) is 5.39. The van der Waals surface area contributed by atoms with Crippen LogP contribution in [-0.2, 0) is 13.1 Å². The van der Waals surface area contributed by atoms with Gasteiger partial charge in [0.1, 0.15) is 11.5 Å². The zero-order valence-corrected chi connectivity index (χ0v) is 18.4. The number of hydrogen-bond donors (Lipinski definition) is 2. The highest BCUT2D eigenvalue weighted by molar-refractivity contribution is 5.91. The van der Waals surface area contributed by atoms with Gasteiger partial charge in [0.15, 0.2) is 0 Å². The van der Waals surface area contributed by atoms with Crippen molar-refractivity contribution in [3.05, 3.63) is 96.1 Å². The average molecular weight is 429 g/mol. The summed E-state index contributed by atoms with van der Waals surface area (Å²) < 4.78 is 3.85. The van der Waals surface area contributed by atoms with Crippen LogP contribution in [-0.4, -0.2) is 29.3 Å². The molecule has 0 fully saturated rings. The van der Waals surface area contributed by atoms with Gasteiger partial charge in [0.05, 0.1) is 25.7 Å². The number of phenolic OH excluding ortho intramolecular Hbond substituents is 2.